The number of hydrogen-bond donors (Lipinski definition) is 2. The average molecular weight is 315 g/mol. The van der Waals surface area contributed by atoms with Crippen molar-refractivity contribution >= 4 is 29.3 Å². The summed E-state index contributed by atoms with van der Waals surface area (Å²) in [5.41, 5.74) is 0.368. The van der Waals surface area contributed by atoms with Gasteiger partial charge in [-0.15, -0.1) is 0 Å². The Morgan fingerprint density at radius 2 is 2.05 bits per heavy atom. The van der Waals surface area contributed by atoms with E-state index in [2.05, 4.69) is 10.6 Å². The van der Waals surface area contributed by atoms with E-state index < -0.39 is 18.0 Å². The molecule has 1 unspecified atom stereocenters. The molecule has 1 aliphatic rings. The first kappa shape index (κ1) is 15.2. The third kappa shape index (κ3) is 3.49. The molecule has 1 aromatic carbocycles. The van der Waals surface area contributed by atoms with Crippen LogP contribution in [0.2, 0.25) is 5.02 Å². The Labute approximate surface area is 126 Å². The highest BCUT2D eigenvalue weighted by Crippen LogP contribution is 2.35. The van der Waals surface area contributed by atoms with Gasteiger partial charge in [-0.1, -0.05) is 11.6 Å². The number of cyclic esters (lactones) is 1. The van der Waals surface area contributed by atoms with Gasteiger partial charge in [-0.05, 0) is 6.07 Å². The molecule has 0 bridgehead atoms. The number of carbonyl (C=O) groups is 2. The molecule has 1 atom stereocenters. The third-order valence-corrected chi connectivity index (χ3v) is 3.26. The Kier molecular flexibility index (Phi) is 4.74. The van der Waals surface area contributed by atoms with E-state index in [-0.39, 0.29) is 0 Å². The molecular weight excluding hydrogens is 300 g/mol. The number of ether oxygens (including phenoxy) is 3. The lowest BCUT2D eigenvalue weighted by atomic mass is 10.2. The minimum atomic E-state index is -0.635. The zero-order valence-corrected chi connectivity index (χ0v) is 12.3. The van der Waals surface area contributed by atoms with Gasteiger partial charge in [0.15, 0.2) is 0 Å². The van der Waals surface area contributed by atoms with E-state index >= 15 is 0 Å². The Morgan fingerprint density at radius 1 is 1.33 bits per heavy atom. The molecule has 0 aliphatic carbocycles. The first-order chi connectivity index (χ1) is 10.0. The van der Waals surface area contributed by atoms with Crippen molar-refractivity contribution in [3.8, 4) is 11.5 Å². The zero-order chi connectivity index (χ0) is 15.4. The van der Waals surface area contributed by atoms with Gasteiger partial charge < -0.3 is 24.8 Å². The van der Waals surface area contributed by atoms with Crippen LogP contribution < -0.4 is 20.1 Å². The van der Waals surface area contributed by atoms with Gasteiger partial charge in [0.2, 0.25) is 0 Å². The second-order valence-corrected chi connectivity index (χ2v) is 4.70. The van der Waals surface area contributed by atoms with Crippen LogP contribution >= 0.6 is 11.6 Å². The summed E-state index contributed by atoms with van der Waals surface area (Å²) in [5.74, 6) is 0.379. The molecule has 2 amide bonds. The third-order valence-electron chi connectivity index (χ3n) is 2.96. The lowest BCUT2D eigenvalue weighted by molar-refractivity contribution is -0.139. The second kappa shape index (κ2) is 6.53. The summed E-state index contributed by atoms with van der Waals surface area (Å²) >= 11 is 6.01. The largest absolute Gasteiger partial charge is 0.495 e. The number of rotatable bonds is 4. The number of nitrogens with one attached hydrogen (secondary N) is 2. The standard InChI is InChI=1S/C13H15ClN2O5/c1-19-10-6-11(20-2)9(5-7(10)14)16-13(18)15-8-3-4-21-12(8)17/h5-6,8H,3-4H2,1-2H3,(H2,15,16,18). The maximum absolute atomic E-state index is 11.9. The Morgan fingerprint density at radius 3 is 2.62 bits per heavy atom. The molecule has 1 aromatic rings. The van der Waals surface area contributed by atoms with Crippen LogP contribution in [0.3, 0.4) is 0 Å². The first-order valence-corrected chi connectivity index (χ1v) is 6.58. The minimum Gasteiger partial charge on any atom is -0.495 e. The molecule has 0 radical (unpaired) electrons. The van der Waals surface area contributed by atoms with E-state index in [9.17, 15) is 9.59 Å². The van der Waals surface area contributed by atoms with Crippen molar-refractivity contribution in [1.29, 1.82) is 0 Å². The normalized spacial score (nSPS) is 17.1. The predicted octanol–water partition coefficient (Wildman–Crippen LogP) is 1.79. The van der Waals surface area contributed by atoms with Crippen LogP contribution in [0, 0.1) is 0 Å². The summed E-state index contributed by atoms with van der Waals surface area (Å²) in [7, 11) is 2.94. The summed E-state index contributed by atoms with van der Waals surface area (Å²) in [6.07, 6.45) is 0.451. The minimum absolute atomic E-state index is 0.307. The lowest BCUT2D eigenvalue weighted by Crippen LogP contribution is -2.40. The van der Waals surface area contributed by atoms with Crippen LogP contribution in [-0.4, -0.2) is 38.9 Å². The van der Waals surface area contributed by atoms with Crippen LogP contribution in [0.1, 0.15) is 6.42 Å². The predicted molar refractivity (Wildman–Crippen MR) is 76.1 cm³/mol. The monoisotopic (exact) mass is 314 g/mol. The lowest BCUT2D eigenvalue weighted by Gasteiger charge is -2.14. The molecule has 0 saturated carbocycles. The van der Waals surface area contributed by atoms with Crippen LogP contribution in [0.4, 0.5) is 10.5 Å². The molecule has 1 saturated heterocycles. The summed E-state index contributed by atoms with van der Waals surface area (Å²) in [6, 6.07) is 1.89. The number of benzene rings is 1. The summed E-state index contributed by atoms with van der Waals surface area (Å²) in [5, 5.41) is 5.43. The number of urea groups is 1. The Hall–Kier alpha value is -2.15. The number of carbonyl (C=O) groups excluding carboxylic acids is 2. The van der Waals surface area contributed by atoms with Gasteiger partial charge in [-0.2, -0.15) is 0 Å². The van der Waals surface area contributed by atoms with Crippen molar-refractivity contribution in [3.63, 3.8) is 0 Å². The van der Waals surface area contributed by atoms with Crippen molar-refractivity contribution in [2.24, 2.45) is 0 Å². The summed E-state index contributed by atoms with van der Waals surface area (Å²) in [4.78, 5) is 23.2. The van der Waals surface area contributed by atoms with Gasteiger partial charge in [0, 0.05) is 12.5 Å². The van der Waals surface area contributed by atoms with Gasteiger partial charge in [-0.3, -0.25) is 0 Å². The smallest absolute Gasteiger partial charge is 0.328 e. The van der Waals surface area contributed by atoms with E-state index in [0.29, 0.717) is 35.2 Å². The van der Waals surface area contributed by atoms with Crippen molar-refractivity contribution < 1.29 is 23.8 Å². The number of amides is 2. The molecule has 1 heterocycles. The van der Waals surface area contributed by atoms with Gasteiger partial charge >= 0.3 is 12.0 Å². The van der Waals surface area contributed by atoms with Gasteiger partial charge in [0.1, 0.15) is 17.5 Å². The molecule has 2 N–H and O–H groups in total. The fraction of sp³-hybridized carbons (Fsp3) is 0.385. The van der Waals surface area contributed by atoms with Crippen molar-refractivity contribution in [1.82, 2.24) is 5.32 Å². The molecule has 7 nitrogen and oxygen atoms in total. The van der Waals surface area contributed by atoms with Gasteiger partial charge in [0.25, 0.3) is 0 Å². The van der Waals surface area contributed by atoms with E-state index in [0.717, 1.165) is 0 Å². The first-order valence-electron chi connectivity index (χ1n) is 6.21. The van der Waals surface area contributed by atoms with Crippen molar-refractivity contribution in [2.75, 3.05) is 26.1 Å². The van der Waals surface area contributed by atoms with Crippen LogP contribution in [0.15, 0.2) is 12.1 Å². The maximum atomic E-state index is 11.9. The fourth-order valence-electron chi connectivity index (χ4n) is 1.90. The quantitative estimate of drug-likeness (QED) is 0.828. The SMILES string of the molecule is COc1cc(OC)c(NC(=O)NC2CCOC2=O)cc1Cl. The Bertz CT molecular complexity index is 564. The van der Waals surface area contributed by atoms with E-state index in [1.165, 1.54) is 20.3 Å². The maximum Gasteiger partial charge on any atom is 0.328 e. The number of methoxy groups -OCH3 is 2. The molecule has 21 heavy (non-hydrogen) atoms. The van der Waals surface area contributed by atoms with Crippen LogP contribution in [0.25, 0.3) is 0 Å². The Balaban J connectivity index is 2.09. The summed E-state index contributed by atoms with van der Waals surface area (Å²) < 4.78 is 15.0. The molecular formula is C13H15ClN2O5. The number of anilines is 1. The van der Waals surface area contributed by atoms with E-state index in [1.807, 2.05) is 0 Å². The highest BCUT2D eigenvalue weighted by Gasteiger charge is 2.28. The van der Waals surface area contributed by atoms with Crippen LogP contribution in [0.5, 0.6) is 11.5 Å². The molecule has 0 spiro atoms. The number of esters is 1. The topological polar surface area (TPSA) is 85.9 Å². The summed E-state index contributed by atoms with van der Waals surface area (Å²) in [6.45, 7) is 0.307. The van der Waals surface area contributed by atoms with E-state index in [4.69, 9.17) is 25.8 Å². The highest BCUT2D eigenvalue weighted by atomic mass is 35.5. The zero-order valence-electron chi connectivity index (χ0n) is 11.6. The molecule has 1 fully saturated rings. The van der Waals surface area contributed by atoms with Crippen molar-refractivity contribution in [2.45, 2.75) is 12.5 Å². The van der Waals surface area contributed by atoms with E-state index in [1.54, 1.807) is 6.07 Å². The second-order valence-electron chi connectivity index (χ2n) is 4.29. The van der Waals surface area contributed by atoms with Gasteiger partial charge in [-0.25, -0.2) is 9.59 Å². The highest BCUT2D eigenvalue weighted by molar-refractivity contribution is 6.32. The number of hydrogen-bond acceptors (Lipinski definition) is 5. The molecule has 8 heteroatoms. The molecule has 1 aliphatic heterocycles. The van der Waals surface area contributed by atoms with Crippen LogP contribution in [-0.2, 0) is 9.53 Å². The molecule has 114 valence electrons. The fourth-order valence-corrected chi connectivity index (χ4v) is 2.14. The van der Waals surface area contributed by atoms with Crippen molar-refractivity contribution in [3.05, 3.63) is 17.2 Å². The average Bonchev–Trinajstić information content (AvgIpc) is 2.84. The number of halogens is 1. The molecule has 2 rings (SSSR count). The molecule has 0 aromatic heterocycles. The van der Waals surface area contributed by atoms with Gasteiger partial charge in [0.05, 0.1) is 31.5 Å².